The molecular weight excluding hydrogens is 352 g/mol. The van der Waals surface area contributed by atoms with Gasteiger partial charge in [0.15, 0.2) is 11.5 Å². The minimum absolute atomic E-state index is 0. The van der Waals surface area contributed by atoms with Crippen LogP contribution in [0, 0.1) is 0 Å². The zero-order valence-electron chi connectivity index (χ0n) is 15.0. The van der Waals surface area contributed by atoms with E-state index in [1.54, 1.807) is 14.2 Å². The fraction of sp³-hybridized carbons (Fsp3) is 0.350. The van der Waals surface area contributed by atoms with Gasteiger partial charge in [0, 0.05) is 30.9 Å². The number of halogens is 1. The van der Waals surface area contributed by atoms with Gasteiger partial charge in [-0.25, -0.2) is 0 Å². The number of benzene rings is 2. The topological polar surface area (TPSA) is 50.8 Å². The Hall–Kier alpha value is -2.40. The highest BCUT2D eigenvalue weighted by molar-refractivity contribution is 5.95. The van der Waals surface area contributed by atoms with E-state index in [0.717, 1.165) is 48.5 Å². The minimum atomic E-state index is 0. The van der Waals surface area contributed by atoms with Crippen molar-refractivity contribution in [1.82, 2.24) is 4.90 Å². The number of hydrogen-bond donors (Lipinski definition) is 1. The van der Waals surface area contributed by atoms with E-state index in [-0.39, 0.29) is 18.3 Å². The SMILES string of the molecule is COc1cc2c(cc1OC)CN(C(=O)c1ccc3c(c1)CCN3)CC2.Cl. The van der Waals surface area contributed by atoms with Crippen LogP contribution in [0.2, 0.25) is 0 Å². The summed E-state index contributed by atoms with van der Waals surface area (Å²) in [5, 5.41) is 3.33. The highest BCUT2D eigenvalue weighted by atomic mass is 35.5. The Kier molecular flexibility index (Phi) is 5.28. The smallest absolute Gasteiger partial charge is 0.254 e. The van der Waals surface area contributed by atoms with Crippen molar-refractivity contribution in [1.29, 1.82) is 0 Å². The largest absolute Gasteiger partial charge is 0.493 e. The first kappa shape index (κ1) is 18.4. The summed E-state index contributed by atoms with van der Waals surface area (Å²) in [5.74, 6) is 1.54. The summed E-state index contributed by atoms with van der Waals surface area (Å²) in [5.41, 5.74) is 5.50. The lowest BCUT2D eigenvalue weighted by atomic mass is 9.98. The van der Waals surface area contributed by atoms with Gasteiger partial charge in [-0.15, -0.1) is 12.4 Å². The van der Waals surface area contributed by atoms with Crippen LogP contribution in [0.1, 0.15) is 27.0 Å². The average molecular weight is 375 g/mol. The Bertz CT molecular complexity index is 838. The van der Waals surface area contributed by atoms with E-state index in [4.69, 9.17) is 9.47 Å². The molecule has 2 aliphatic heterocycles. The summed E-state index contributed by atoms with van der Waals surface area (Å²) < 4.78 is 10.8. The summed E-state index contributed by atoms with van der Waals surface area (Å²) in [7, 11) is 3.28. The van der Waals surface area contributed by atoms with Crippen molar-refractivity contribution in [2.75, 3.05) is 32.6 Å². The van der Waals surface area contributed by atoms with Gasteiger partial charge in [-0.2, -0.15) is 0 Å². The lowest BCUT2D eigenvalue weighted by Gasteiger charge is -2.30. The number of rotatable bonds is 3. The molecule has 0 bridgehead atoms. The molecule has 0 aliphatic carbocycles. The molecular formula is C20H23ClN2O3. The summed E-state index contributed by atoms with van der Waals surface area (Å²) in [6.45, 7) is 2.27. The second-order valence-electron chi connectivity index (χ2n) is 6.50. The molecule has 1 N–H and O–H groups in total. The fourth-order valence-electron chi connectivity index (χ4n) is 3.68. The molecule has 5 nitrogen and oxygen atoms in total. The lowest BCUT2D eigenvalue weighted by Crippen LogP contribution is -2.36. The number of carbonyl (C=O) groups excluding carboxylic acids is 1. The van der Waals surface area contributed by atoms with Crippen molar-refractivity contribution >= 4 is 24.0 Å². The maximum atomic E-state index is 12.9. The number of anilines is 1. The van der Waals surface area contributed by atoms with E-state index in [2.05, 4.69) is 5.32 Å². The van der Waals surface area contributed by atoms with Crippen LogP contribution < -0.4 is 14.8 Å². The third-order valence-electron chi connectivity index (χ3n) is 5.07. The molecule has 0 atom stereocenters. The number of carbonyl (C=O) groups is 1. The third-order valence-corrected chi connectivity index (χ3v) is 5.07. The fourth-order valence-corrected chi connectivity index (χ4v) is 3.68. The molecule has 2 aliphatic rings. The van der Waals surface area contributed by atoms with Gasteiger partial charge in [0.05, 0.1) is 14.2 Å². The van der Waals surface area contributed by atoms with Crippen LogP contribution in [0.3, 0.4) is 0 Å². The summed E-state index contributed by atoms with van der Waals surface area (Å²) in [6, 6.07) is 9.98. The monoisotopic (exact) mass is 374 g/mol. The molecule has 0 radical (unpaired) electrons. The van der Waals surface area contributed by atoms with Crippen LogP contribution in [-0.2, 0) is 19.4 Å². The van der Waals surface area contributed by atoms with Gasteiger partial charge in [0.1, 0.15) is 0 Å². The predicted octanol–water partition coefficient (Wildman–Crippen LogP) is 3.29. The van der Waals surface area contributed by atoms with Crippen LogP contribution in [-0.4, -0.2) is 38.1 Å². The molecule has 0 fully saturated rings. The molecule has 0 aromatic heterocycles. The number of ether oxygens (including phenoxy) is 2. The third kappa shape index (κ3) is 3.19. The lowest BCUT2D eigenvalue weighted by molar-refractivity contribution is 0.0734. The molecule has 0 saturated carbocycles. The molecule has 26 heavy (non-hydrogen) atoms. The first-order valence-electron chi connectivity index (χ1n) is 8.59. The van der Waals surface area contributed by atoms with Gasteiger partial charge in [0.25, 0.3) is 5.91 Å². The number of fused-ring (bicyclic) bond motifs is 2. The molecule has 0 unspecified atom stereocenters. The van der Waals surface area contributed by atoms with E-state index in [0.29, 0.717) is 12.3 Å². The quantitative estimate of drug-likeness (QED) is 0.895. The number of nitrogens with one attached hydrogen (secondary N) is 1. The highest BCUT2D eigenvalue weighted by Gasteiger charge is 2.24. The number of amides is 1. The number of hydrogen-bond acceptors (Lipinski definition) is 4. The van der Waals surface area contributed by atoms with Crippen LogP contribution in [0.15, 0.2) is 30.3 Å². The molecule has 2 aromatic rings. The first-order chi connectivity index (χ1) is 12.2. The highest BCUT2D eigenvalue weighted by Crippen LogP contribution is 2.33. The van der Waals surface area contributed by atoms with Crippen LogP contribution in [0.5, 0.6) is 11.5 Å². The first-order valence-corrected chi connectivity index (χ1v) is 8.59. The second kappa shape index (κ2) is 7.46. The Morgan fingerprint density at radius 2 is 1.73 bits per heavy atom. The molecule has 4 rings (SSSR count). The van der Waals surface area contributed by atoms with Gasteiger partial charge in [-0.1, -0.05) is 0 Å². The molecule has 2 heterocycles. The van der Waals surface area contributed by atoms with Crippen LogP contribution in [0.4, 0.5) is 5.69 Å². The van der Waals surface area contributed by atoms with Crippen LogP contribution >= 0.6 is 12.4 Å². The number of methoxy groups -OCH3 is 2. The normalized spacial score (nSPS) is 14.6. The van der Waals surface area contributed by atoms with E-state index in [1.807, 2.05) is 35.2 Å². The second-order valence-corrected chi connectivity index (χ2v) is 6.50. The van der Waals surface area contributed by atoms with Gasteiger partial charge < -0.3 is 19.7 Å². The van der Waals surface area contributed by atoms with Crippen molar-refractivity contribution in [3.05, 3.63) is 52.6 Å². The molecule has 1 amide bonds. The summed E-state index contributed by atoms with van der Waals surface area (Å²) >= 11 is 0. The number of nitrogens with zero attached hydrogens (tertiary/aromatic N) is 1. The van der Waals surface area contributed by atoms with Crippen LogP contribution in [0.25, 0.3) is 0 Å². The maximum absolute atomic E-state index is 12.9. The van der Waals surface area contributed by atoms with Gasteiger partial charge in [-0.3, -0.25) is 4.79 Å². The minimum Gasteiger partial charge on any atom is -0.493 e. The summed E-state index contributed by atoms with van der Waals surface area (Å²) in [4.78, 5) is 14.9. The zero-order valence-corrected chi connectivity index (χ0v) is 15.8. The Balaban J connectivity index is 0.00000196. The molecule has 138 valence electrons. The summed E-state index contributed by atoms with van der Waals surface area (Å²) in [6.07, 6.45) is 1.81. The van der Waals surface area contributed by atoms with Crippen molar-refractivity contribution in [2.24, 2.45) is 0 Å². The molecule has 2 aromatic carbocycles. The van der Waals surface area contributed by atoms with Crippen molar-refractivity contribution in [2.45, 2.75) is 19.4 Å². The Morgan fingerprint density at radius 3 is 2.46 bits per heavy atom. The predicted molar refractivity (Wildman–Crippen MR) is 104 cm³/mol. The Morgan fingerprint density at radius 1 is 1.00 bits per heavy atom. The van der Waals surface area contributed by atoms with E-state index in [1.165, 1.54) is 11.1 Å². The molecule has 0 saturated heterocycles. The average Bonchev–Trinajstić information content (AvgIpc) is 3.13. The van der Waals surface area contributed by atoms with Crippen molar-refractivity contribution in [3.8, 4) is 11.5 Å². The Labute approximate surface area is 159 Å². The van der Waals surface area contributed by atoms with E-state index >= 15 is 0 Å². The maximum Gasteiger partial charge on any atom is 0.254 e. The standard InChI is InChI=1S/C20H22N2O3.ClH/c1-24-18-10-13-6-8-22(12-16(13)11-19(18)25-2)20(23)15-3-4-17-14(9-15)5-7-21-17;/h3-4,9-11,21H,5-8,12H2,1-2H3;1H. The van der Waals surface area contributed by atoms with Crippen molar-refractivity contribution in [3.63, 3.8) is 0 Å². The zero-order chi connectivity index (χ0) is 17.4. The van der Waals surface area contributed by atoms with Gasteiger partial charge >= 0.3 is 0 Å². The molecule has 0 spiro atoms. The van der Waals surface area contributed by atoms with Gasteiger partial charge in [0.2, 0.25) is 0 Å². The van der Waals surface area contributed by atoms with Crippen molar-refractivity contribution < 1.29 is 14.3 Å². The van der Waals surface area contributed by atoms with Gasteiger partial charge in [-0.05, 0) is 59.9 Å². The van der Waals surface area contributed by atoms with E-state index < -0.39 is 0 Å². The molecule has 6 heteroatoms. The van der Waals surface area contributed by atoms with E-state index in [9.17, 15) is 4.79 Å².